The van der Waals surface area contributed by atoms with Gasteiger partial charge in [0, 0.05) is 18.5 Å². The lowest BCUT2D eigenvalue weighted by atomic mass is 10.1. The number of carbonyl (C=O) groups excluding carboxylic acids is 1. The molecular weight excluding hydrogens is 238 g/mol. The van der Waals surface area contributed by atoms with Crippen LogP contribution in [0.3, 0.4) is 0 Å². The van der Waals surface area contributed by atoms with Crippen LogP contribution in [-0.4, -0.2) is 43.3 Å². The molecule has 0 radical (unpaired) electrons. The first-order valence-corrected chi connectivity index (χ1v) is 8.24. The predicted octanol–water partition coefficient (Wildman–Crippen LogP) is 1.46. The molecule has 0 aliphatic carbocycles. The van der Waals surface area contributed by atoms with Gasteiger partial charge in [0.15, 0.2) is 9.84 Å². The van der Waals surface area contributed by atoms with E-state index in [0.29, 0.717) is 13.0 Å². The van der Waals surface area contributed by atoms with Gasteiger partial charge in [0.2, 0.25) is 5.91 Å². The lowest BCUT2D eigenvalue weighted by Gasteiger charge is -2.30. The van der Waals surface area contributed by atoms with Gasteiger partial charge >= 0.3 is 0 Å². The van der Waals surface area contributed by atoms with Crippen molar-refractivity contribution >= 4 is 15.7 Å². The van der Waals surface area contributed by atoms with Crippen LogP contribution < -0.4 is 0 Å². The maximum atomic E-state index is 12.2. The van der Waals surface area contributed by atoms with E-state index in [1.54, 1.807) is 4.90 Å². The molecule has 2 unspecified atom stereocenters. The van der Waals surface area contributed by atoms with Gasteiger partial charge in [-0.3, -0.25) is 4.79 Å². The van der Waals surface area contributed by atoms with E-state index in [0.717, 1.165) is 12.8 Å². The lowest BCUT2D eigenvalue weighted by molar-refractivity contribution is -0.137. The molecule has 0 bridgehead atoms. The fourth-order valence-corrected chi connectivity index (χ4v) is 3.92. The summed E-state index contributed by atoms with van der Waals surface area (Å²) in [6.07, 6.45) is 2.28. The molecule has 0 N–H and O–H groups in total. The van der Waals surface area contributed by atoms with Crippen molar-refractivity contribution in [3.05, 3.63) is 0 Å². The van der Waals surface area contributed by atoms with Crippen LogP contribution in [0.1, 0.15) is 40.0 Å². The Morgan fingerprint density at radius 1 is 1.41 bits per heavy atom. The molecule has 1 heterocycles. The van der Waals surface area contributed by atoms with Crippen LogP contribution in [0.4, 0.5) is 0 Å². The average Bonchev–Trinajstić information content (AvgIpc) is 2.64. The van der Waals surface area contributed by atoms with Gasteiger partial charge < -0.3 is 4.90 Å². The molecule has 1 rings (SSSR count). The van der Waals surface area contributed by atoms with Crippen molar-refractivity contribution < 1.29 is 13.2 Å². The zero-order chi connectivity index (χ0) is 13.1. The summed E-state index contributed by atoms with van der Waals surface area (Å²) in [5.74, 6) is 0.474. The summed E-state index contributed by atoms with van der Waals surface area (Å²) in [4.78, 5) is 14.0. The van der Waals surface area contributed by atoms with E-state index in [4.69, 9.17) is 0 Å². The Morgan fingerprint density at radius 3 is 2.47 bits per heavy atom. The van der Waals surface area contributed by atoms with E-state index in [1.807, 2.05) is 20.8 Å². The molecule has 1 amide bonds. The second-order valence-corrected chi connectivity index (χ2v) is 7.13. The predicted molar refractivity (Wildman–Crippen MR) is 68.5 cm³/mol. The summed E-state index contributed by atoms with van der Waals surface area (Å²) < 4.78 is 22.9. The zero-order valence-electron chi connectivity index (χ0n) is 11.0. The van der Waals surface area contributed by atoms with Crippen LogP contribution >= 0.6 is 0 Å². The third-order valence-electron chi connectivity index (χ3n) is 3.43. The van der Waals surface area contributed by atoms with Gasteiger partial charge in [-0.25, -0.2) is 8.42 Å². The Balaban J connectivity index is 2.76. The monoisotopic (exact) mass is 261 g/mol. The van der Waals surface area contributed by atoms with Gasteiger partial charge in [-0.1, -0.05) is 20.8 Å². The molecule has 1 fully saturated rings. The number of rotatable bonds is 5. The molecule has 0 aromatic heterocycles. The molecule has 5 heteroatoms. The number of hydrogen-bond acceptors (Lipinski definition) is 3. The largest absolute Gasteiger partial charge is 0.338 e. The van der Waals surface area contributed by atoms with E-state index in [9.17, 15) is 13.2 Å². The van der Waals surface area contributed by atoms with E-state index in [2.05, 4.69) is 0 Å². The lowest BCUT2D eigenvalue weighted by Crippen LogP contribution is -2.44. The maximum absolute atomic E-state index is 12.2. The van der Waals surface area contributed by atoms with E-state index in [1.165, 1.54) is 0 Å². The number of hydrogen-bond donors (Lipinski definition) is 0. The first-order chi connectivity index (χ1) is 7.91. The third-order valence-corrected chi connectivity index (χ3v) is 5.18. The topological polar surface area (TPSA) is 54.5 Å². The molecule has 1 aliphatic rings. The van der Waals surface area contributed by atoms with Gasteiger partial charge in [0.05, 0.1) is 11.5 Å². The fourth-order valence-electron chi connectivity index (χ4n) is 2.19. The van der Waals surface area contributed by atoms with Gasteiger partial charge in [0.1, 0.15) is 0 Å². The summed E-state index contributed by atoms with van der Waals surface area (Å²) in [7, 11) is -2.92. The highest BCUT2D eigenvalue weighted by Crippen LogP contribution is 2.20. The molecule has 1 saturated heterocycles. The molecule has 0 aromatic rings. The molecule has 0 saturated carbocycles. The minimum Gasteiger partial charge on any atom is -0.338 e. The average molecular weight is 261 g/mol. The Kier molecular flexibility index (Phi) is 4.98. The van der Waals surface area contributed by atoms with E-state index in [-0.39, 0.29) is 29.4 Å². The standard InChI is InChI=1S/C12H23NO3S/c1-4-7-13(12(14)10(3)5-2)11-6-8-17(15,16)9-11/h10-11H,4-9H2,1-3H3. The Hall–Kier alpha value is -0.580. The number of amides is 1. The van der Waals surface area contributed by atoms with Crippen molar-refractivity contribution in [2.75, 3.05) is 18.1 Å². The SMILES string of the molecule is CCCN(C(=O)C(C)CC)C1CCS(=O)(=O)C1. The first-order valence-electron chi connectivity index (χ1n) is 6.42. The Bertz CT molecular complexity index is 364. The quantitative estimate of drug-likeness (QED) is 0.753. The Morgan fingerprint density at radius 2 is 2.06 bits per heavy atom. The summed E-state index contributed by atoms with van der Waals surface area (Å²) in [5, 5.41) is 0. The Labute approximate surface area is 104 Å². The van der Waals surface area contributed by atoms with Crippen molar-refractivity contribution in [1.82, 2.24) is 4.90 Å². The maximum Gasteiger partial charge on any atom is 0.225 e. The molecule has 100 valence electrons. The van der Waals surface area contributed by atoms with Crippen LogP contribution in [-0.2, 0) is 14.6 Å². The zero-order valence-corrected chi connectivity index (χ0v) is 11.8. The van der Waals surface area contributed by atoms with E-state index < -0.39 is 9.84 Å². The van der Waals surface area contributed by atoms with Crippen molar-refractivity contribution in [2.45, 2.75) is 46.1 Å². The van der Waals surface area contributed by atoms with Crippen molar-refractivity contribution in [3.8, 4) is 0 Å². The highest BCUT2D eigenvalue weighted by molar-refractivity contribution is 7.91. The van der Waals surface area contributed by atoms with Gasteiger partial charge in [0.25, 0.3) is 0 Å². The van der Waals surface area contributed by atoms with Crippen LogP contribution in [0.2, 0.25) is 0 Å². The van der Waals surface area contributed by atoms with Crippen LogP contribution in [0.5, 0.6) is 0 Å². The van der Waals surface area contributed by atoms with Gasteiger partial charge in [-0.2, -0.15) is 0 Å². The third kappa shape index (κ3) is 3.69. The summed E-state index contributed by atoms with van der Waals surface area (Å²) >= 11 is 0. The normalized spacial score (nSPS) is 24.5. The number of sulfone groups is 1. The second kappa shape index (κ2) is 5.85. The minimum atomic E-state index is -2.92. The molecule has 17 heavy (non-hydrogen) atoms. The second-order valence-electron chi connectivity index (χ2n) is 4.90. The molecular formula is C12H23NO3S. The molecule has 2 atom stereocenters. The molecule has 1 aliphatic heterocycles. The van der Waals surface area contributed by atoms with Crippen molar-refractivity contribution in [1.29, 1.82) is 0 Å². The van der Waals surface area contributed by atoms with Crippen LogP contribution in [0.25, 0.3) is 0 Å². The van der Waals surface area contributed by atoms with E-state index >= 15 is 0 Å². The van der Waals surface area contributed by atoms with Crippen molar-refractivity contribution in [3.63, 3.8) is 0 Å². The smallest absolute Gasteiger partial charge is 0.225 e. The number of carbonyl (C=O) groups is 1. The first kappa shape index (κ1) is 14.5. The summed E-state index contributed by atoms with van der Waals surface area (Å²) in [5.41, 5.74) is 0. The van der Waals surface area contributed by atoms with Gasteiger partial charge in [-0.05, 0) is 19.3 Å². The number of nitrogens with zero attached hydrogens (tertiary/aromatic N) is 1. The fraction of sp³-hybridized carbons (Fsp3) is 0.917. The van der Waals surface area contributed by atoms with Crippen LogP contribution in [0, 0.1) is 5.92 Å². The molecule has 0 aromatic carbocycles. The summed E-state index contributed by atoms with van der Waals surface area (Å²) in [6.45, 7) is 6.58. The summed E-state index contributed by atoms with van der Waals surface area (Å²) in [6, 6.07) is -0.0959. The minimum absolute atomic E-state index is 0.00939. The van der Waals surface area contributed by atoms with Gasteiger partial charge in [-0.15, -0.1) is 0 Å². The highest BCUT2D eigenvalue weighted by Gasteiger charge is 2.35. The van der Waals surface area contributed by atoms with Crippen molar-refractivity contribution in [2.24, 2.45) is 5.92 Å². The van der Waals surface area contributed by atoms with Crippen LogP contribution in [0.15, 0.2) is 0 Å². The highest BCUT2D eigenvalue weighted by atomic mass is 32.2. The molecule has 4 nitrogen and oxygen atoms in total. The molecule has 0 spiro atoms.